The summed E-state index contributed by atoms with van der Waals surface area (Å²) < 4.78 is 31.5. The molecule has 0 atom stereocenters. The van der Waals surface area contributed by atoms with E-state index in [-0.39, 0.29) is 16.1 Å². The summed E-state index contributed by atoms with van der Waals surface area (Å²) in [6.07, 6.45) is 0. The Morgan fingerprint density at radius 3 is 2.33 bits per heavy atom. The molecule has 0 saturated heterocycles. The van der Waals surface area contributed by atoms with Gasteiger partial charge in [0.1, 0.15) is 0 Å². The molecule has 5 nitrogen and oxygen atoms in total. The normalized spacial score (nSPS) is 11.0. The molecule has 7 heteroatoms. The Bertz CT molecular complexity index is 757. The van der Waals surface area contributed by atoms with Crippen molar-refractivity contribution in [1.29, 1.82) is 0 Å². The van der Waals surface area contributed by atoms with Crippen LogP contribution in [0.5, 0.6) is 0 Å². The van der Waals surface area contributed by atoms with Gasteiger partial charge in [0, 0.05) is 5.02 Å². The number of esters is 1. The van der Waals surface area contributed by atoms with Crippen LogP contribution in [-0.4, -0.2) is 21.5 Å². The maximum atomic E-state index is 12.3. The molecule has 2 rings (SSSR count). The average molecular weight is 326 g/mol. The highest BCUT2D eigenvalue weighted by atomic mass is 35.5. The first kappa shape index (κ1) is 15.3. The van der Waals surface area contributed by atoms with E-state index in [4.69, 9.17) is 11.6 Å². The second kappa shape index (κ2) is 6.15. The minimum absolute atomic E-state index is 0.0477. The summed E-state index contributed by atoms with van der Waals surface area (Å²) in [6.45, 7) is 0. The monoisotopic (exact) mass is 325 g/mol. The average Bonchev–Trinajstić information content (AvgIpc) is 2.47. The summed E-state index contributed by atoms with van der Waals surface area (Å²) >= 11 is 5.73. The number of halogens is 1. The number of para-hydroxylation sites is 1. The zero-order chi connectivity index (χ0) is 15.5. The fourth-order valence-corrected chi connectivity index (χ4v) is 2.88. The third-order valence-electron chi connectivity index (χ3n) is 2.70. The lowest BCUT2D eigenvalue weighted by atomic mass is 10.2. The highest BCUT2D eigenvalue weighted by molar-refractivity contribution is 7.92. The number of hydrogen-bond acceptors (Lipinski definition) is 4. The van der Waals surface area contributed by atoms with Crippen LogP contribution in [0.1, 0.15) is 10.4 Å². The van der Waals surface area contributed by atoms with Crippen molar-refractivity contribution in [2.75, 3.05) is 11.8 Å². The summed E-state index contributed by atoms with van der Waals surface area (Å²) in [5, 5.41) is 0.434. The van der Waals surface area contributed by atoms with Crippen molar-refractivity contribution in [2.45, 2.75) is 4.90 Å². The number of carbonyl (C=O) groups is 1. The van der Waals surface area contributed by atoms with Crippen molar-refractivity contribution in [3.63, 3.8) is 0 Å². The van der Waals surface area contributed by atoms with Crippen LogP contribution in [0.15, 0.2) is 53.4 Å². The first-order chi connectivity index (χ1) is 9.94. The molecular formula is C14H12ClNO4S. The van der Waals surface area contributed by atoms with Crippen LogP contribution in [0.3, 0.4) is 0 Å². The molecule has 21 heavy (non-hydrogen) atoms. The molecule has 0 aromatic heterocycles. The Hall–Kier alpha value is -2.05. The zero-order valence-electron chi connectivity index (χ0n) is 11.0. The number of benzene rings is 2. The number of nitrogens with one attached hydrogen (secondary N) is 1. The van der Waals surface area contributed by atoms with Gasteiger partial charge >= 0.3 is 5.97 Å². The SMILES string of the molecule is COC(=O)c1ccccc1NS(=O)(=O)c1ccc(Cl)cc1. The minimum Gasteiger partial charge on any atom is -0.465 e. The van der Waals surface area contributed by atoms with Gasteiger partial charge in [0.25, 0.3) is 10.0 Å². The summed E-state index contributed by atoms with van der Waals surface area (Å²) in [4.78, 5) is 11.7. The summed E-state index contributed by atoms with van der Waals surface area (Å²) in [7, 11) is -2.58. The largest absolute Gasteiger partial charge is 0.465 e. The van der Waals surface area contributed by atoms with E-state index < -0.39 is 16.0 Å². The highest BCUT2D eigenvalue weighted by Crippen LogP contribution is 2.21. The van der Waals surface area contributed by atoms with Crippen LogP contribution < -0.4 is 4.72 Å². The van der Waals surface area contributed by atoms with Crippen molar-refractivity contribution in [2.24, 2.45) is 0 Å². The smallest absolute Gasteiger partial charge is 0.339 e. The van der Waals surface area contributed by atoms with E-state index in [1.54, 1.807) is 12.1 Å². The zero-order valence-corrected chi connectivity index (χ0v) is 12.6. The molecule has 0 heterocycles. The van der Waals surface area contributed by atoms with Gasteiger partial charge in [-0.25, -0.2) is 13.2 Å². The molecule has 0 amide bonds. The summed E-state index contributed by atoms with van der Waals surface area (Å²) in [5.41, 5.74) is 0.289. The number of ether oxygens (including phenoxy) is 1. The van der Waals surface area contributed by atoms with E-state index in [0.29, 0.717) is 5.02 Å². The molecule has 2 aromatic carbocycles. The van der Waals surface area contributed by atoms with Gasteiger partial charge in [0.2, 0.25) is 0 Å². The lowest BCUT2D eigenvalue weighted by molar-refractivity contribution is 0.0602. The first-order valence-corrected chi connectivity index (χ1v) is 7.76. The summed E-state index contributed by atoms with van der Waals surface area (Å²) in [6, 6.07) is 11.9. The van der Waals surface area contributed by atoms with E-state index in [1.807, 2.05) is 0 Å². The van der Waals surface area contributed by atoms with Crippen molar-refractivity contribution in [1.82, 2.24) is 0 Å². The van der Waals surface area contributed by atoms with E-state index in [2.05, 4.69) is 9.46 Å². The van der Waals surface area contributed by atoms with Crippen molar-refractivity contribution >= 4 is 33.3 Å². The van der Waals surface area contributed by atoms with Gasteiger partial charge in [-0.1, -0.05) is 23.7 Å². The van der Waals surface area contributed by atoms with Gasteiger partial charge in [0.05, 0.1) is 23.3 Å². The number of sulfonamides is 1. The highest BCUT2D eigenvalue weighted by Gasteiger charge is 2.18. The number of carbonyl (C=O) groups excluding carboxylic acids is 1. The Labute approximate surface area is 127 Å². The molecule has 0 aliphatic heterocycles. The van der Waals surface area contributed by atoms with E-state index in [0.717, 1.165) is 0 Å². The predicted octanol–water partition coefficient (Wildman–Crippen LogP) is 2.93. The first-order valence-electron chi connectivity index (χ1n) is 5.90. The molecular weight excluding hydrogens is 314 g/mol. The molecule has 2 aromatic rings. The lowest BCUT2D eigenvalue weighted by Gasteiger charge is -2.11. The third-order valence-corrected chi connectivity index (χ3v) is 4.33. The molecule has 110 valence electrons. The lowest BCUT2D eigenvalue weighted by Crippen LogP contribution is -2.16. The molecule has 0 saturated carbocycles. The predicted molar refractivity (Wildman–Crippen MR) is 80.0 cm³/mol. The van der Waals surface area contributed by atoms with Crippen LogP contribution in [0, 0.1) is 0 Å². The van der Waals surface area contributed by atoms with Crippen molar-refractivity contribution < 1.29 is 17.9 Å². The molecule has 0 aliphatic rings. The number of methoxy groups -OCH3 is 1. The molecule has 0 spiro atoms. The summed E-state index contributed by atoms with van der Waals surface area (Å²) in [5.74, 6) is -0.621. The number of hydrogen-bond donors (Lipinski definition) is 1. The maximum absolute atomic E-state index is 12.3. The van der Waals surface area contributed by atoms with Crippen LogP contribution in [0.25, 0.3) is 0 Å². The molecule has 0 radical (unpaired) electrons. The second-order valence-electron chi connectivity index (χ2n) is 4.10. The molecule has 0 aliphatic carbocycles. The van der Waals surface area contributed by atoms with Gasteiger partial charge < -0.3 is 4.74 Å². The Morgan fingerprint density at radius 1 is 1.10 bits per heavy atom. The van der Waals surface area contributed by atoms with Gasteiger partial charge in [-0.05, 0) is 36.4 Å². The van der Waals surface area contributed by atoms with E-state index in [1.165, 1.54) is 43.5 Å². The Kier molecular flexibility index (Phi) is 4.50. The third kappa shape index (κ3) is 3.53. The van der Waals surface area contributed by atoms with E-state index >= 15 is 0 Å². The molecule has 0 bridgehead atoms. The van der Waals surface area contributed by atoms with Crippen LogP contribution >= 0.6 is 11.6 Å². The van der Waals surface area contributed by atoms with Gasteiger partial charge in [0.15, 0.2) is 0 Å². The molecule has 0 fully saturated rings. The second-order valence-corrected chi connectivity index (χ2v) is 6.22. The fraction of sp³-hybridized carbons (Fsp3) is 0.0714. The quantitative estimate of drug-likeness (QED) is 0.877. The molecule has 0 unspecified atom stereocenters. The van der Waals surface area contributed by atoms with Crippen LogP contribution in [0.2, 0.25) is 5.02 Å². The fourth-order valence-electron chi connectivity index (χ4n) is 1.68. The minimum atomic E-state index is -3.81. The Morgan fingerprint density at radius 2 is 1.71 bits per heavy atom. The van der Waals surface area contributed by atoms with Gasteiger partial charge in [-0.2, -0.15) is 0 Å². The van der Waals surface area contributed by atoms with E-state index in [9.17, 15) is 13.2 Å². The maximum Gasteiger partial charge on any atom is 0.339 e. The van der Waals surface area contributed by atoms with Crippen LogP contribution in [0.4, 0.5) is 5.69 Å². The van der Waals surface area contributed by atoms with Crippen molar-refractivity contribution in [3.8, 4) is 0 Å². The van der Waals surface area contributed by atoms with Crippen molar-refractivity contribution in [3.05, 3.63) is 59.1 Å². The van der Waals surface area contributed by atoms with Gasteiger partial charge in [-0.3, -0.25) is 4.72 Å². The Balaban J connectivity index is 2.37. The number of anilines is 1. The standard InChI is InChI=1S/C14H12ClNO4S/c1-20-14(17)12-4-2-3-5-13(12)16-21(18,19)11-8-6-10(15)7-9-11/h2-9,16H,1H3. The van der Waals surface area contributed by atoms with Crippen LogP contribution in [-0.2, 0) is 14.8 Å². The molecule has 1 N–H and O–H groups in total. The van der Waals surface area contributed by atoms with Gasteiger partial charge in [-0.15, -0.1) is 0 Å². The topological polar surface area (TPSA) is 72.5 Å². The number of rotatable bonds is 4.